The number of carbonyl (C=O) groups excluding carboxylic acids is 1. The van der Waals surface area contributed by atoms with Crippen molar-refractivity contribution < 1.29 is 4.79 Å². The molecule has 2 rings (SSSR count). The Balaban J connectivity index is 2.16. The molecule has 0 saturated heterocycles. The number of carbonyl (C=O) groups is 1. The summed E-state index contributed by atoms with van der Waals surface area (Å²) < 4.78 is 0. The van der Waals surface area contributed by atoms with E-state index in [0.29, 0.717) is 15.8 Å². The summed E-state index contributed by atoms with van der Waals surface area (Å²) in [5, 5.41) is 14.2. The first-order valence-corrected chi connectivity index (χ1v) is 6.18. The fourth-order valence-electron chi connectivity index (χ4n) is 1.41. The van der Waals surface area contributed by atoms with Crippen molar-refractivity contribution >= 4 is 28.1 Å². The molecule has 2 N–H and O–H groups in total. The van der Waals surface area contributed by atoms with Gasteiger partial charge in [-0.3, -0.25) is 9.78 Å². The molecule has 2 aromatic heterocycles. The lowest BCUT2D eigenvalue weighted by Crippen LogP contribution is -2.13. The van der Waals surface area contributed by atoms with E-state index >= 15 is 0 Å². The predicted molar refractivity (Wildman–Crippen MR) is 71.1 cm³/mol. The van der Waals surface area contributed by atoms with Crippen LogP contribution in [0, 0.1) is 13.8 Å². The lowest BCUT2D eigenvalue weighted by Gasteiger charge is -2.06. The average Bonchev–Trinajstić information content (AvgIpc) is 2.81. The third-order valence-corrected chi connectivity index (χ3v) is 3.25. The Kier molecular flexibility index (Phi) is 3.52. The molecule has 18 heavy (non-hydrogen) atoms. The van der Waals surface area contributed by atoms with Gasteiger partial charge in [-0.15, -0.1) is 10.2 Å². The Bertz CT molecular complexity index is 581. The molecule has 0 atom stereocenters. The lowest BCUT2D eigenvalue weighted by atomic mass is 10.3. The zero-order valence-corrected chi connectivity index (χ0v) is 11.1. The predicted octanol–water partition coefficient (Wildman–Crippen LogP) is 1.84. The Hall–Kier alpha value is -2.02. The molecule has 0 saturated carbocycles. The van der Waals surface area contributed by atoms with Crippen LogP contribution in [0.25, 0.3) is 0 Å². The number of pyridine rings is 1. The van der Waals surface area contributed by atoms with Crippen LogP contribution in [0.2, 0.25) is 0 Å². The van der Waals surface area contributed by atoms with Gasteiger partial charge < -0.3 is 10.6 Å². The Morgan fingerprint density at radius 3 is 2.67 bits per heavy atom. The van der Waals surface area contributed by atoms with Crippen molar-refractivity contribution in [2.45, 2.75) is 13.8 Å². The third kappa shape index (κ3) is 2.62. The number of aryl methyl sites for hydroxylation is 2. The molecule has 0 aromatic carbocycles. The average molecular weight is 263 g/mol. The fourth-order valence-corrected chi connectivity index (χ4v) is 2.00. The van der Waals surface area contributed by atoms with Crippen LogP contribution in [-0.2, 0) is 0 Å². The van der Waals surface area contributed by atoms with Gasteiger partial charge in [-0.1, -0.05) is 11.3 Å². The summed E-state index contributed by atoms with van der Waals surface area (Å²) in [4.78, 5) is 16.2. The highest BCUT2D eigenvalue weighted by atomic mass is 32.1. The number of rotatable bonds is 3. The molecule has 2 aromatic rings. The SMILES string of the molecule is CNc1nnc(C(=O)Nc2ccc(C)nc2C)s1. The molecular formula is C11H13N5OS. The van der Waals surface area contributed by atoms with Crippen LogP contribution < -0.4 is 10.6 Å². The van der Waals surface area contributed by atoms with Gasteiger partial charge in [0.2, 0.25) is 10.1 Å². The van der Waals surface area contributed by atoms with Gasteiger partial charge in [0.15, 0.2) is 0 Å². The second-order valence-electron chi connectivity index (χ2n) is 3.70. The summed E-state index contributed by atoms with van der Waals surface area (Å²) in [5.41, 5.74) is 2.38. The number of nitrogens with zero attached hydrogens (tertiary/aromatic N) is 3. The van der Waals surface area contributed by atoms with Crippen molar-refractivity contribution in [3.63, 3.8) is 0 Å². The number of hydrogen-bond donors (Lipinski definition) is 2. The minimum atomic E-state index is -0.275. The van der Waals surface area contributed by atoms with Crippen LogP contribution in [0.1, 0.15) is 21.2 Å². The summed E-state index contributed by atoms with van der Waals surface area (Å²) in [7, 11) is 1.73. The fraction of sp³-hybridized carbons (Fsp3) is 0.273. The first-order valence-electron chi connectivity index (χ1n) is 5.37. The number of aromatic nitrogens is 3. The van der Waals surface area contributed by atoms with Crippen molar-refractivity contribution in [2.75, 3.05) is 17.7 Å². The summed E-state index contributed by atoms with van der Waals surface area (Å²) in [6.07, 6.45) is 0. The molecule has 94 valence electrons. The molecular weight excluding hydrogens is 250 g/mol. The van der Waals surface area contributed by atoms with Crippen LogP contribution in [0.3, 0.4) is 0 Å². The highest BCUT2D eigenvalue weighted by molar-refractivity contribution is 7.17. The van der Waals surface area contributed by atoms with E-state index < -0.39 is 0 Å². The molecule has 0 aliphatic rings. The van der Waals surface area contributed by atoms with Gasteiger partial charge in [0.1, 0.15) is 0 Å². The largest absolute Gasteiger partial charge is 0.363 e. The maximum absolute atomic E-state index is 11.9. The first kappa shape index (κ1) is 12.4. The van der Waals surface area contributed by atoms with Crippen molar-refractivity contribution in [2.24, 2.45) is 0 Å². The summed E-state index contributed by atoms with van der Waals surface area (Å²) >= 11 is 1.20. The Morgan fingerprint density at radius 2 is 2.06 bits per heavy atom. The van der Waals surface area contributed by atoms with Crippen molar-refractivity contribution in [3.8, 4) is 0 Å². The van der Waals surface area contributed by atoms with Gasteiger partial charge in [0, 0.05) is 12.7 Å². The zero-order valence-electron chi connectivity index (χ0n) is 10.3. The van der Waals surface area contributed by atoms with Crippen LogP contribution >= 0.6 is 11.3 Å². The Morgan fingerprint density at radius 1 is 1.28 bits per heavy atom. The molecule has 0 unspecified atom stereocenters. The van der Waals surface area contributed by atoms with E-state index in [1.165, 1.54) is 11.3 Å². The van der Waals surface area contributed by atoms with Gasteiger partial charge >= 0.3 is 0 Å². The van der Waals surface area contributed by atoms with E-state index in [4.69, 9.17) is 0 Å². The molecule has 0 fully saturated rings. The number of nitrogens with one attached hydrogen (secondary N) is 2. The monoisotopic (exact) mass is 263 g/mol. The molecule has 7 heteroatoms. The minimum Gasteiger partial charge on any atom is -0.363 e. The lowest BCUT2D eigenvalue weighted by molar-refractivity contribution is 0.102. The van der Waals surface area contributed by atoms with Gasteiger partial charge in [0.25, 0.3) is 5.91 Å². The molecule has 2 heterocycles. The van der Waals surface area contributed by atoms with E-state index in [9.17, 15) is 4.79 Å². The van der Waals surface area contributed by atoms with Crippen LogP contribution in [-0.4, -0.2) is 28.1 Å². The quantitative estimate of drug-likeness (QED) is 0.883. The second-order valence-corrected chi connectivity index (χ2v) is 4.68. The van der Waals surface area contributed by atoms with Gasteiger partial charge in [0.05, 0.1) is 11.4 Å². The third-order valence-electron chi connectivity index (χ3n) is 2.31. The first-order chi connectivity index (χ1) is 8.60. The molecule has 0 bridgehead atoms. The van der Waals surface area contributed by atoms with E-state index in [-0.39, 0.29) is 5.91 Å². The van der Waals surface area contributed by atoms with Crippen LogP contribution in [0.15, 0.2) is 12.1 Å². The molecule has 0 aliphatic carbocycles. The minimum absolute atomic E-state index is 0.275. The van der Waals surface area contributed by atoms with Crippen molar-refractivity contribution in [1.82, 2.24) is 15.2 Å². The van der Waals surface area contributed by atoms with E-state index in [0.717, 1.165) is 11.4 Å². The number of amides is 1. The number of anilines is 2. The highest BCUT2D eigenvalue weighted by Crippen LogP contribution is 2.18. The van der Waals surface area contributed by atoms with Crippen LogP contribution in [0.4, 0.5) is 10.8 Å². The summed E-state index contributed by atoms with van der Waals surface area (Å²) in [6, 6.07) is 3.68. The molecule has 1 amide bonds. The Labute approximate surface area is 108 Å². The van der Waals surface area contributed by atoms with Gasteiger partial charge in [-0.05, 0) is 26.0 Å². The van der Waals surface area contributed by atoms with Gasteiger partial charge in [-0.25, -0.2) is 0 Å². The molecule has 0 radical (unpaired) electrons. The summed E-state index contributed by atoms with van der Waals surface area (Å²) in [6.45, 7) is 3.75. The standard InChI is InChI=1S/C11H13N5OS/c1-6-4-5-8(7(2)13-6)14-9(17)10-15-16-11(12-3)18-10/h4-5H,1-3H3,(H,12,16)(H,14,17). The van der Waals surface area contributed by atoms with Crippen molar-refractivity contribution in [3.05, 3.63) is 28.5 Å². The zero-order chi connectivity index (χ0) is 13.1. The second kappa shape index (κ2) is 5.09. The maximum Gasteiger partial charge on any atom is 0.286 e. The van der Waals surface area contributed by atoms with Crippen LogP contribution in [0.5, 0.6) is 0 Å². The molecule has 0 aliphatic heterocycles. The summed E-state index contributed by atoms with van der Waals surface area (Å²) in [5.74, 6) is -0.275. The maximum atomic E-state index is 11.9. The molecule has 6 nitrogen and oxygen atoms in total. The van der Waals surface area contributed by atoms with Gasteiger partial charge in [-0.2, -0.15) is 0 Å². The smallest absolute Gasteiger partial charge is 0.286 e. The van der Waals surface area contributed by atoms with E-state index in [1.54, 1.807) is 7.05 Å². The highest BCUT2D eigenvalue weighted by Gasteiger charge is 2.13. The topological polar surface area (TPSA) is 79.8 Å². The van der Waals surface area contributed by atoms with E-state index in [1.807, 2.05) is 26.0 Å². The van der Waals surface area contributed by atoms with Crippen molar-refractivity contribution in [1.29, 1.82) is 0 Å². The normalized spacial score (nSPS) is 10.2. The van der Waals surface area contributed by atoms with E-state index in [2.05, 4.69) is 25.8 Å². The molecule has 0 spiro atoms. The number of hydrogen-bond acceptors (Lipinski definition) is 6.